The van der Waals surface area contributed by atoms with Crippen molar-refractivity contribution in [1.82, 2.24) is 9.97 Å². The summed E-state index contributed by atoms with van der Waals surface area (Å²) in [7, 11) is 0. The molecule has 4 rings (SSSR count). The third-order valence-corrected chi connectivity index (χ3v) is 4.08. The zero-order chi connectivity index (χ0) is 15.8. The van der Waals surface area contributed by atoms with Crippen molar-refractivity contribution in [3.05, 3.63) is 77.6 Å². The minimum absolute atomic E-state index is 0.0787. The van der Waals surface area contributed by atoms with Gasteiger partial charge in [0, 0.05) is 11.6 Å². The molecule has 23 heavy (non-hydrogen) atoms. The van der Waals surface area contributed by atoms with Gasteiger partial charge in [-0.25, -0.2) is 9.37 Å². The number of aromatic nitrogens is 2. The molecule has 0 fully saturated rings. The van der Waals surface area contributed by atoms with Gasteiger partial charge in [-0.15, -0.1) is 0 Å². The van der Waals surface area contributed by atoms with E-state index in [1.54, 1.807) is 0 Å². The molecular formula is C19H12ClFN2. The van der Waals surface area contributed by atoms with Crippen molar-refractivity contribution in [1.29, 1.82) is 0 Å². The minimum Gasteiger partial charge on any atom is -0.338 e. The molecule has 0 amide bonds. The van der Waals surface area contributed by atoms with E-state index in [0.717, 1.165) is 16.7 Å². The summed E-state index contributed by atoms with van der Waals surface area (Å²) in [5.41, 5.74) is 4.53. The molecule has 0 aliphatic carbocycles. The molecule has 0 aliphatic rings. The zero-order valence-electron chi connectivity index (χ0n) is 12.1. The lowest BCUT2D eigenvalue weighted by molar-refractivity contribution is 0.630. The summed E-state index contributed by atoms with van der Waals surface area (Å²) >= 11 is 5.80. The van der Waals surface area contributed by atoms with Gasteiger partial charge in [-0.1, -0.05) is 66.2 Å². The molecule has 4 aromatic rings. The average molecular weight is 323 g/mol. The molecule has 0 radical (unpaired) electrons. The Labute approximate surface area is 137 Å². The normalized spacial score (nSPS) is 11.0. The van der Waals surface area contributed by atoms with E-state index < -0.39 is 5.82 Å². The number of nitrogens with zero attached hydrogens (tertiary/aromatic N) is 1. The Morgan fingerprint density at radius 1 is 0.826 bits per heavy atom. The Hall–Kier alpha value is -2.65. The lowest BCUT2D eigenvalue weighted by Crippen LogP contribution is -1.81. The summed E-state index contributed by atoms with van der Waals surface area (Å²) in [6.07, 6.45) is 0. The first-order chi connectivity index (χ1) is 11.2. The van der Waals surface area contributed by atoms with Gasteiger partial charge in [-0.05, 0) is 17.2 Å². The topological polar surface area (TPSA) is 28.7 Å². The maximum Gasteiger partial charge on any atom is 0.144 e. The molecular weight excluding hydrogens is 311 g/mol. The van der Waals surface area contributed by atoms with Crippen LogP contribution in [0.15, 0.2) is 66.7 Å². The van der Waals surface area contributed by atoms with Crippen LogP contribution in [0.3, 0.4) is 0 Å². The number of benzene rings is 3. The van der Waals surface area contributed by atoms with Gasteiger partial charge in [0.05, 0.1) is 16.1 Å². The minimum atomic E-state index is -0.450. The van der Waals surface area contributed by atoms with Gasteiger partial charge in [0.1, 0.15) is 11.6 Å². The van der Waals surface area contributed by atoms with Gasteiger partial charge in [-0.3, -0.25) is 0 Å². The molecule has 1 N–H and O–H groups in total. The number of imidazole rings is 1. The van der Waals surface area contributed by atoms with Crippen LogP contribution in [-0.4, -0.2) is 9.97 Å². The fraction of sp³-hybridized carbons (Fsp3) is 0. The highest BCUT2D eigenvalue weighted by Crippen LogP contribution is 2.27. The molecule has 0 atom stereocenters. The smallest absolute Gasteiger partial charge is 0.144 e. The quantitative estimate of drug-likeness (QED) is 0.504. The molecule has 1 heterocycles. The number of hydrogen-bond donors (Lipinski definition) is 1. The summed E-state index contributed by atoms with van der Waals surface area (Å²) in [5, 5.41) is 0.0787. The standard InChI is InChI=1S/C19H12ClFN2/c20-15-10-17-18(11-16(15)21)23-19(22-17)14-8-6-13(7-9-14)12-4-2-1-3-5-12/h1-11H,(H,22,23). The lowest BCUT2D eigenvalue weighted by Gasteiger charge is -2.02. The second-order valence-electron chi connectivity index (χ2n) is 5.31. The Kier molecular flexibility index (Phi) is 3.36. The van der Waals surface area contributed by atoms with Gasteiger partial charge >= 0.3 is 0 Å². The number of rotatable bonds is 2. The molecule has 2 nitrogen and oxygen atoms in total. The highest BCUT2D eigenvalue weighted by Gasteiger charge is 2.09. The largest absolute Gasteiger partial charge is 0.338 e. The summed E-state index contributed by atoms with van der Waals surface area (Å²) in [4.78, 5) is 7.61. The predicted molar refractivity (Wildman–Crippen MR) is 91.9 cm³/mol. The van der Waals surface area contributed by atoms with E-state index in [-0.39, 0.29) is 5.02 Å². The predicted octanol–water partition coefficient (Wildman–Crippen LogP) is 5.69. The highest BCUT2D eigenvalue weighted by atomic mass is 35.5. The molecule has 0 unspecified atom stereocenters. The van der Waals surface area contributed by atoms with Crippen molar-refractivity contribution in [2.75, 3.05) is 0 Å². The van der Waals surface area contributed by atoms with E-state index in [1.807, 2.05) is 42.5 Å². The maximum atomic E-state index is 13.5. The number of H-pyrrole nitrogens is 1. The number of fused-ring (bicyclic) bond motifs is 1. The highest BCUT2D eigenvalue weighted by molar-refractivity contribution is 6.31. The molecule has 1 aromatic heterocycles. The van der Waals surface area contributed by atoms with Crippen LogP contribution in [0.1, 0.15) is 0 Å². The SMILES string of the molecule is Fc1cc2[nH]c(-c3ccc(-c4ccccc4)cc3)nc2cc1Cl. The Bertz CT molecular complexity index is 937. The molecule has 0 bridgehead atoms. The van der Waals surface area contributed by atoms with Crippen LogP contribution in [0, 0.1) is 5.82 Å². The van der Waals surface area contributed by atoms with Gasteiger partial charge in [0.15, 0.2) is 0 Å². The Balaban J connectivity index is 1.73. The van der Waals surface area contributed by atoms with E-state index in [2.05, 4.69) is 22.1 Å². The monoisotopic (exact) mass is 322 g/mol. The fourth-order valence-electron chi connectivity index (χ4n) is 2.59. The molecule has 0 saturated carbocycles. The zero-order valence-corrected chi connectivity index (χ0v) is 12.8. The number of hydrogen-bond acceptors (Lipinski definition) is 1. The first-order valence-corrected chi connectivity index (χ1v) is 7.59. The number of halogens is 2. The van der Waals surface area contributed by atoms with Crippen LogP contribution in [0.4, 0.5) is 4.39 Å². The van der Waals surface area contributed by atoms with Crippen molar-refractivity contribution in [2.24, 2.45) is 0 Å². The number of aromatic amines is 1. The van der Waals surface area contributed by atoms with Crippen LogP contribution in [-0.2, 0) is 0 Å². The van der Waals surface area contributed by atoms with Gasteiger partial charge < -0.3 is 4.98 Å². The molecule has 0 saturated heterocycles. The first kappa shape index (κ1) is 14.0. The van der Waals surface area contributed by atoms with E-state index >= 15 is 0 Å². The van der Waals surface area contributed by atoms with Crippen molar-refractivity contribution in [2.45, 2.75) is 0 Å². The van der Waals surface area contributed by atoms with Crippen molar-refractivity contribution in [3.63, 3.8) is 0 Å². The molecule has 3 aromatic carbocycles. The Morgan fingerprint density at radius 2 is 1.48 bits per heavy atom. The van der Waals surface area contributed by atoms with E-state index in [9.17, 15) is 4.39 Å². The molecule has 0 aliphatic heterocycles. The van der Waals surface area contributed by atoms with E-state index in [0.29, 0.717) is 16.9 Å². The maximum absolute atomic E-state index is 13.5. The average Bonchev–Trinajstić information content (AvgIpc) is 2.99. The van der Waals surface area contributed by atoms with Crippen LogP contribution in [0.25, 0.3) is 33.5 Å². The summed E-state index contributed by atoms with van der Waals surface area (Å²) < 4.78 is 13.5. The van der Waals surface area contributed by atoms with Crippen LogP contribution in [0.2, 0.25) is 5.02 Å². The van der Waals surface area contributed by atoms with Crippen molar-refractivity contribution >= 4 is 22.6 Å². The summed E-state index contributed by atoms with van der Waals surface area (Å²) in [6, 6.07) is 21.2. The van der Waals surface area contributed by atoms with Gasteiger partial charge in [0.25, 0.3) is 0 Å². The summed E-state index contributed by atoms with van der Waals surface area (Å²) in [6.45, 7) is 0. The molecule has 112 valence electrons. The van der Waals surface area contributed by atoms with E-state index in [1.165, 1.54) is 12.1 Å². The Morgan fingerprint density at radius 3 is 2.22 bits per heavy atom. The second-order valence-corrected chi connectivity index (χ2v) is 5.72. The van der Waals surface area contributed by atoms with Crippen molar-refractivity contribution < 1.29 is 4.39 Å². The van der Waals surface area contributed by atoms with Crippen LogP contribution >= 0.6 is 11.6 Å². The first-order valence-electron chi connectivity index (χ1n) is 7.21. The lowest BCUT2D eigenvalue weighted by atomic mass is 10.0. The second kappa shape index (κ2) is 5.52. The third-order valence-electron chi connectivity index (χ3n) is 3.79. The molecule has 4 heteroatoms. The van der Waals surface area contributed by atoms with Crippen molar-refractivity contribution in [3.8, 4) is 22.5 Å². The van der Waals surface area contributed by atoms with Gasteiger partial charge in [-0.2, -0.15) is 0 Å². The van der Waals surface area contributed by atoms with Crippen LogP contribution in [0.5, 0.6) is 0 Å². The van der Waals surface area contributed by atoms with Crippen LogP contribution < -0.4 is 0 Å². The molecule has 0 spiro atoms. The number of nitrogens with one attached hydrogen (secondary N) is 1. The third kappa shape index (κ3) is 2.60. The van der Waals surface area contributed by atoms with E-state index in [4.69, 9.17) is 11.6 Å². The fourth-order valence-corrected chi connectivity index (χ4v) is 2.75. The van der Waals surface area contributed by atoms with Gasteiger partial charge in [0.2, 0.25) is 0 Å². The summed E-state index contributed by atoms with van der Waals surface area (Å²) in [5.74, 6) is 0.245.